The minimum absolute atomic E-state index is 0.00864. The molecule has 2 aromatic rings. The molecule has 0 aliphatic carbocycles. The van der Waals surface area contributed by atoms with Crippen molar-refractivity contribution in [2.45, 2.75) is 20.3 Å². The Morgan fingerprint density at radius 2 is 1.82 bits per heavy atom. The molecule has 4 rings (SSSR count). The van der Waals surface area contributed by atoms with Gasteiger partial charge in [-0.05, 0) is 73.1 Å². The number of amides is 1. The number of hydrogen-bond acceptors (Lipinski definition) is 7. The van der Waals surface area contributed by atoms with Crippen molar-refractivity contribution in [2.75, 3.05) is 19.8 Å². The average molecular weight is 543 g/mol. The number of rotatable bonds is 9. The second-order valence-electron chi connectivity index (χ2n) is 7.16. The van der Waals surface area contributed by atoms with Crippen LogP contribution >= 0.6 is 27.7 Å². The third kappa shape index (κ3) is 5.51. The summed E-state index contributed by atoms with van der Waals surface area (Å²) in [5, 5.41) is 15.5. The molecule has 0 saturated heterocycles. The number of hydrogen-bond donors (Lipinski definition) is 1. The summed E-state index contributed by atoms with van der Waals surface area (Å²) >= 11 is 4.72. The van der Waals surface area contributed by atoms with Gasteiger partial charge in [-0.2, -0.15) is 15.1 Å². The van der Waals surface area contributed by atoms with Crippen LogP contribution in [0.25, 0.3) is 6.08 Å². The predicted molar refractivity (Wildman–Crippen MR) is 138 cm³/mol. The van der Waals surface area contributed by atoms with Crippen LogP contribution in [0.3, 0.4) is 0 Å². The Morgan fingerprint density at radius 3 is 2.56 bits per heavy atom. The zero-order chi connectivity index (χ0) is 24.1. The summed E-state index contributed by atoms with van der Waals surface area (Å²) in [6.07, 6.45) is 2.34. The molecule has 10 heteroatoms. The molecule has 0 fully saturated rings. The van der Waals surface area contributed by atoms with E-state index in [4.69, 9.17) is 19.6 Å². The van der Waals surface area contributed by atoms with E-state index in [0.717, 1.165) is 15.3 Å². The summed E-state index contributed by atoms with van der Waals surface area (Å²) in [4.78, 5) is 16.7. The lowest BCUT2D eigenvalue weighted by molar-refractivity contribution is -0.114. The fourth-order valence-corrected chi connectivity index (χ4v) is 4.27. The van der Waals surface area contributed by atoms with E-state index in [1.54, 1.807) is 24.3 Å². The van der Waals surface area contributed by atoms with Crippen molar-refractivity contribution >= 4 is 55.7 Å². The van der Waals surface area contributed by atoms with Crippen LogP contribution in [0.5, 0.6) is 17.2 Å². The van der Waals surface area contributed by atoms with Crippen LogP contribution in [0.4, 0.5) is 0 Å². The molecule has 8 nitrogen and oxygen atoms in total. The highest BCUT2D eigenvalue weighted by Gasteiger charge is 2.35. The highest BCUT2D eigenvalue weighted by atomic mass is 79.9. The molecule has 2 aliphatic rings. The molecule has 0 bridgehead atoms. The Hall–Kier alpha value is -3.11. The number of halogens is 1. The third-order valence-corrected chi connectivity index (χ3v) is 6.38. The molecule has 34 heavy (non-hydrogen) atoms. The van der Waals surface area contributed by atoms with Gasteiger partial charge in [0.2, 0.25) is 5.17 Å². The van der Waals surface area contributed by atoms with Crippen LogP contribution in [0, 0.1) is 5.41 Å². The van der Waals surface area contributed by atoms with Crippen LogP contribution in [0.15, 0.2) is 62.6 Å². The number of thioether (sulfide) groups is 1. The summed E-state index contributed by atoms with van der Waals surface area (Å²) in [6.45, 7) is 5.02. The van der Waals surface area contributed by atoms with Gasteiger partial charge in [-0.15, -0.1) is 0 Å². The number of amidine groups is 2. The molecule has 1 amide bonds. The molecule has 2 aromatic carbocycles. The van der Waals surface area contributed by atoms with Crippen LogP contribution < -0.4 is 14.2 Å². The molecule has 2 aliphatic heterocycles. The van der Waals surface area contributed by atoms with Crippen LogP contribution in [-0.2, 0) is 4.79 Å². The second kappa shape index (κ2) is 10.9. The van der Waals surface area contributed by atoms with E-state index in [0.29, 0.717) is 48.5 Å². The van der Waals surface area contributed by atoms with Crippen LogP contribution in [0.2, 0.25) is 0 Å². The number of fused-ring (bicyclic) bond motifs is 1. The van der Waals surface area contributed by atoms with Gasteiger partial charge in [0.1, 0.15) is 24.0 Å². The molecular weight excluding hydrogens is 520 g/mol. The van der Waals surface area contributed by atoms with Crippen molar-refractivity contribution in [1.82, 2.24) is 5.01 Å². The van der Waals surface area contributed by atoms with Crippen molar-refractivity contribution in [1.29, 1.82) is 5.41 Å². The molecule has 1 N–H and O–H groups in total. The first kappa shape index (κ1) is 24.0. The predicted octanol–water partition coefficient (Wildman–Crippen LogP) is 5.33. The molecule has 0 spiro atoms. The van der Waals surface area contributed by atoms with Gasteiger partial charge in [-0.25, -0.2) is 0 Å². The Bertz CT molecular complexity index is 1190. The molecule has 0 unspecified atom stereocenters. The number of carbonyl (C=O) groups excluding carboxylic acids is 1. The topological polar surface area (TPSA) is 96.6 Å². The van der Waals surface area contributed by atoms with Crippen molar-refractivity contribution < 1.29 is 19.0 Å². The van der Waals surface area contributed by atoms with E-state index in [2.05, 4.69) is 26.0 Å². The van der Waals surface area contributed by atoms with Gasteiger partial charge in [0.25, 0.3) is 5.91 Å². The lowest BCUT2D eigenvalue weighted by atomic mass is 10.1. The quantitative estimate of drug-likeness (QED) is 0.339. The summed E-state index contributed by atoms with van der Waals surface area (Å²) in [5.74, 6) is 1.43. The monoisotopic (exact) mass is 542 g/mol. The van der Waals surface area contributed by atoms with Gasteiger partial charge in [0.15, 0.2) is 17.3 Å². The highest BCUT2D eigenvalue weighted by Crippen LogP contribution is 2.32. The van der Waals surface area contributed by atoms with E-state index in [1.807, 2.05) is 38.1 Å². The van der Waals surface area contributed by atoms with Crippen LogP contribution in [0.1, 0.15) is 25.8 Å². The summed E-state index contributed by atoms with van der Waals surface area (Å²) in [6, 6.07) is 12.9. The van der Waals surface area contributed by atoms with Crippen molar-refractivity contribution in [3.63, 3.8) is 0 Å². The van der Waals surface area contributed by atoms with E-state index in [-0.39, 0.29) is 11.4 Å². The van der Waals surface area contributed by atoms with Gasteiger partial charge < -0.3 is 14.2 Å². The fourth-order valence-electron chi connectivity index (χ4n) is 3.19. The number of carbonyl (C=O) groups is 1. The third-order valence-electron chi connectivity index (χ3n) is 4.80. The number of ether oxygens (including phenoxy) is 3. The van der Waals surface area contributed by atoms with Crippen molar-refractivity contribution in [2.24, 2.45) is 10.1 Å². The molecule has 0 radical (unpaired) electrons. The Kier molecular flexibility index (Phi) is 7.69. The first-order valence-electron chi connectivity index (χ1n) is 10.8. The first-order chi connectivity index (χ1) is 16.5. The minimum Gasteiger partial charge on any atom is -0.490 e. The summed E-state index contributed by atoms with van der Waals surface area (Å²) in [5.41, 5.74) is 0.865. The zero-order valence-corrected chi connectivity index (χ0v) is 21.1. The molecule has 0 saturated carbocycles. The average Bonchev–Trinajstić information content (AvgIpc) is 3.25. The fraction of sp³-hybridized carbons (Fsp3) is 0.250. The number of nitrogens with zero attached hydrogens (tertiary/aromatic N) is 3. The van der Waals surface area contributed by atoms with E-state index < -0.39 is 5.91 Å². The second-order valence-corrected chi connectivity index (χ2v) is 9.11. The smallest absolute Gasteiger partial charge is 0.283 e. The summed E-state index contributed by atoms with van der Waals surface area (Å²) in [7, 11) is 0. The zero-order valence-electron chi connectivity index (χ0n) is 18.7. The van der Waals surface area contributed by atoms with E-state index in [9.17, 15) is 4.79 Å². The Labute approximate surface area is 210 Å². The summed E-state index contributed by atoms with van der Waals surface area (Å²) < 4.78 is 18.3. The van der Waals surface area contributed by atoms with Gasteiger partial charge >= 0.3 is 0 Å². The molecule has 2 heterocycles. The number of hydrazone groups is 1. The SMILES string of the molecule is CCOc1cc(/C=C2/C(=N)N3N=C(CC)SC3=NC2=O)ccc1OCCOc1ccc(Br)cc1. The molecule has 176 valence electrons. The molecule has 0 aromatic heterocycles. The van der Waals surface area contributed by atoms with Crippen LogP contribution in [-0.4, -0.2) is 46.8 Å². The lowest BCUT2D eigenvalue weighted by Gasteiger charge is -2.20. The minimum atomic E-state index is -0.459. The number of aliphatic imine (C=N–C) groups is 1. The molecular formula is C24H23BrN4O4S. The standard InChI is InChI=1S/C24H23BrN4O4S/c1-3-21-28-29-22(26)18(23(30)27-24(29)34-21)13-15-5-10-19(20(14-15)31-4-2)33-12-11-32-17-8-6-16(25)7-9-17/h5-10,13-14,26H,3-4,11-12H2,1-2H3/b18-13-,26-22?. The normalized spacial score (nSPS) is 16.3. The number of nitrogens with one attached hydrogen (secondary N) is 1. The van der Waals surface area contributed by atoms with E-state index in [1.165, 1.54) is 16.8 Å². The van der Waals surface area contributed by atoms with Gasteiger partial charge in [-0.3, -0.25) is 10.2 Å². The maximum atomic E-state index is 12.6. The largest absolute Gasteiger partial charge is 0.490 e. The van der Waals surface area contributed by atoms with Crippen molar-refractivity contribution in [3.8, 4) is 17.2 Å². The lowest BCUT2D eigenvalue weighted by Crippen LogP contribution is -2.35. The van der Waals surface area contributed by atoms with E-state index >= 15 is 0 Å². The van der Waals surface area contributed by atoms with Gasteiger partial charge in [0.05, 0.1) is 12.2 Å². The number of benzene rings is 2. The van der Waals surface area contributed by atoms with Crippen molar-refractivity contribution in [3.05, 3.63) is 58.1 Å². The maximum absolute atomic E-state index is 12.6. The highest BCUT2D eigenvalue weighted by molar-refractivity contribution is 9.10. The molecule has 0 atom stereocenters. The maximum Gasteiger partial charge on any atom is 0.283 e. The van der Waals surface area contributed by atoms with Gasteiger partial charge in [0, 0.05) is 4.47 Å². The van der Waals surface area contributed by atoms with Gasteiger partial charge in [-0.1, -0.05) is 28.9 Å². The Morgan fingerprint density at radius 1 is 1.06 bits per heavy atom. The first-order valence-corrected chi connectivity index (χ1v) is 12.4. The Balaban J connectivity index is 1.46.